The molecule has 0 unspecified atom stereocenters. The third-order valence-corrected chi connectivity index (χ3v) is 4.43. The van der Waals surface area contributed by atoms with E-state index >= 15 is 0 Å². The normalized spacial score (nSPS) is 12.4. The maximum atomic E-state index is 12.2. The minimum absolute atomic E-state index is 0.217. The van der Waals surface area contributed by atoms with E-state index in [0.717, 1.165) is 16.7 Å². The Hall–Kier alpha value is -1.94. The van der Waals surface area contributed by atoms with Gasteiger partial charge in [0.25, 0.3) is 10.0 Å². The van der Waals surface area contributed by atoms with E-state index in [2.05, 4.69) is 4.40 Å². The Morgan fingerprint density at radius 2 is 1.30 bits per heavy atom. The number of rotatable bonds is 3. The zero-order chi connectivity index (χ0) is 14.8. The number of hydrogen-bond acceptors (Lipinski definition) is 2. The van der Waals surface area contributed by atoms with E-state index < -0.39 is 10.0 Å². The highest BCUT2D eigenvalue weighted by molar-refractivity contribution is 7.90. The molecule has 0 fully saturated rings. The average Bonchev–Trinajstić information content (AvgIpc) is 2.39. The molecule has 2 aromatic carbocycles. The number of sulfonamides is 1. The fourth-order valence-electron chi connectivity index (χ4n) is 1.79. The summed E-state index contributed by atoms with van der Waals surface area (Å²) >= 11 is 0. The summed E-state index contributed by atoms with van der Waals surface area (Å²) in [6.45, 7) is 5.60. The molecule has 0 aliphatic heterocycles. The van der Waals surface area contributed by atoms with Gasteiger partial charge in [0.1, 0.15) is 0 Å². The maximum Gasteiger partial charge on any atom is 0.282 e. The molecular weight excluding hydrogens is 270 g/mol. The van der Waals surface area contributed by atoms with Crippen molar-refractivity contribution in [1.82, 2.24) is 0 Å². The van der Waals surface area contributed by atoms with Crippen LogP contribution < -0.4 is 0 Å². The predicted octanol–water partition coefficient (Wildman–Crippen LogP) is 3.50. The monoisotopic (exact) mass is 287 g/mol. The largest absolute Gasteiger partial charge is 0.282 e. The first-order valence-electron chi connectivity index (χ1n) is 6.34. The summed E-state index contributed by atoms with van der Waals surface area (Å²) in [6.07, 6.45) is 0. The molecule has 4 heteroatoms. The Labute approximate surface area is 120 Å². The Morgan fingerprint density at radius 3 is 1.80 bits per heavy atom. The lowest BCUT2D eigenvalue weighted by Crippen LogP contribution is -2.03. The van der Waals surface area contributed by atoms with Crippen molar-refractivity contribution in [2.24, 2.45) is 4.40 Å². The molecule has 0 N–H and O–H groups in total. The summed E-state index contributed by atoms with van der Waals surface area (Å²) in [5, 5.41) is 0. The minimum Gasteiger partial charge on any atom is -0.199 e. The fraction of sp³-hybridized carbons (Fsp3) is 0.188. The molecule has 0 aliphatic rings. The zero-order valence-electron chi connectivity index (χ0n) is 11.8. The minimum atomic E-state index is -3.65. The van der Waals surface area contributed by atoms with Crippen molar-refractivity contribution in [1.29, 1.82) is 0 Å². The molecule has 2 rings (SSSR count). The van der Waals surface area contributed by atoms with Gasteiger partial charge in [-0.05, 0) is 38.5 Å². The van der Waals surface area contributed by atoms with E-state index in [-0.39, 0.29) is 4.90 Å². The van der Waals surface area contributed by atoms with Gasteiger partial charge in [0.15, 0.2) is 0 Å². The van der Waals surface area contributed by atoms with Crippen LogP contribution in [-0.2, 0) is 10.0 Å². The number of hydrogen-bond donors (Lipinski definition) is 0. The molecule has 0 aromatic heterocycles. The smallest absolute Gasteiger partial charge is 0.199 e. The second-order valence-electron chi connectivity index (χ2n) is 4.83. The average molecular weight is 287 g/mol. The van der Waals surface area contributed by atoms with Crippen molar-refractivity contribution < 1.29 is 8.42 Å². The second-order valence-corrected chi connectivity index (χ2v) is 6.43. The number of benzene rings is 2. The standard InChI is InChI=1S/C16H17NO2S/c1-12-4-8-15(9-5-12)14(3)17-20(18,19)16-10-6-13(2)7-11-16/h4-11H,1-3H3/b17-14+. The van der Waals surface area contributed by atoms with E-state index in [1.165, 1.54) is 0 Å². The molecule has 104 valence electrons. The molecule has 0 aliphatic carbocycles. The number of aryl methyl sites for hydroxylation is 2. The first kappa shape index (κ1) is 14.5. The third kappa shape index (κ3) is 3.33. The lowest BCUT2D eigenvalue weighted by Gasteiger charge is -2.03. The van der Waals surface area contributed by atoms with Crippen LogP contribution in [0.1, 0.15) is 23.6 Å². The van der Waals surface area contributed by atoms with Crippen molar-refractivity contribution in [2.45, 2.75) is 25.7 Å². The molecule has 20 heavy (non-hydrogen) atoms. The zero-order valence-corrected chi connectivity index (χ0v) is 12.6. The predicted molar refractivity (Wildman–Crippen MR) is 81.8 cm³/mol. The summed E-state index contributed by atoms with van der Waals surface area (Å²) in [7, 11) is -3.65. The molecule has 0 heterocycles. The summed E-state index contributed by atoms with van der Waals surface area (Å²) in [5.41, 5.74) is 3.45. The quantitative estimate of drug-likeness (QED) is 0.811. The molecule has 0 bridgehead atoms. The Morgan fingerprint density at radius 1 is 0.850 bits per heavy atom. The molecule has 3 nitrogen and oxygen atoms in total. The van der Waals surface area contributed by atoms with Gasteiger partial charge in [-0.25, -0.2) is 0 Å². The van der Waals surface area contributed by atoms with Gasteiger partial charge in [0.05, 0.1) is 10.6 Å². The SMILES string of the molecule is C/C(=N\S(=O)(=O)c1ccc(C)cc1)c1ccc(C)cc1. The van der Waals surface area contributed by atoms with Crippen molar-refractivity contribution in [3.8, 4) is 0 Å². The van der Waals surface area contributed by atoms with Gasteiger partial charge in [-0.1, -0.05) is 47.5 Å². The topological polar surface area (TPSA) is 46.5 Å². The van der Waals surface area contributed by atoms with E-state index in [1.54, 1.807) is 31.2 Å². The summed E-state index contributed by atoms with van der Waals surface area (Å²) in [6, 6.07) is 14.3. The highest BCUT2D eigenvalue weighted by atomic mass is 32.2. The summed E-state index contributed by atoms with van der Waals surface area (Å²) in [5.74, 6) is 0. The van der Waals surface area contributed by atoms with E-state index in [4.69, 9.17) is 0 Å². The first-order chi connectivity index (χ1) is 9.38. The van der Waals surface area contributed by atoms with Crippen LogP contribution in [-0.4, -0.2) is 14.1 Å². The van der Waals surface area contributed by atoms with Gasteiger partial charge in [-0.3, -0.25) is 0 Å². The van der Waals surface area contributed by atoms with Gasteiger partial charge >= 0.3 is 0 Å². The highest BCUT2D eigenvalue weighted by Crippen LogP contribution is 2.15. The molecule has 0 saturated heterocycles. The van der Waals surface area contributed by atoms with Gasteiger partial charge in [-0.15, -0.1) is 0 Å². The van der Waals surface area contributed by atoms with Crippen molar-refractivity contribution in [2.75, 3.05) is 0 Å². The van der Waals surface area contributed by atoms with Crippen LogP contribution in [0.2, 0.25) is 0 Å². The van der Waals surface area contributed by atoms with Crippen LogP contribution >= 0.6 is 0 Å². The van der Waals surface area contributed by atoms with E-state index in [0.29, 0.717) is 5.71 Å². The maximum absolute atomic E-state index is 12.2. The Kier molecular flexibility index (Phi) is 4.04. The molecule has 2 aromatic rings. The molecule has 0 atom stereocenters. The second kappa shape index (κ2) is 5.59. The van der Waals surface area contributed by atoms with E-state index in [1.807, 2.05) is 38.1 Å². The van der Waals surface area contributed by atoms with Crippen LogP contribution in [0.4, 0.5) is 0 Å². The van der Waals surface area contributed by atoms with Crippen LogP contribution in [0.25, 0.3) is 0 Å². The van der Waals surface area contributed by atoms with Crippen molar-refractivity contribution in [3.63, 3.8) is 0 Å². The highest BCUT2D eigenvalue weighted by Gasteiger charge is 2.13. The third-order valence-electron chi connectivity index (χ3n) is 3.05. The molecule has 0 radical (unpaired) electrons. The van der Waals surface area contributed by atoms with Crippen LogP contribution in [0.5, 0.6) is 0 Å². The Balaban J connectivity index is 2.37. The first-order valence-corrected chi connectivity index (χ1v) is 7.78. The molecule has 0 spiro atoms. The fourth-order valence-corrected chi connectivity index (χ4v) is 2.84. The molecule has 0 saturated carbocycles. The van der Waals surface area contributed by atoms with Crippen molar-refractivity contribution in [3.05, 3.63) is 65.2 Å². The summed E-state index contributed by atoms with van der Waals surface area (Å²) < 4.78 is 28.3. The molecular formula is C16H17NO2S. The van der Waals surface area contributed by atoms with E-state index in [9.17, 15) is 8.42 Å². The lowest BCUT2D eigenvalue weighted by atomic mass is 10.1. The van der Waals surface area contributed by atoms with Crippen LogP contribution in [0.15, 0.2) is 57.8 Å². The summed E-state index contributed by atoms with van der Waals surface area (Å²) in [4.78, 5) is 0.217. The number of nitrogens with zero attached hydrogens (tertiary/aromatic N) is 1. The van der Waals surface area contributed by atoms with Crippen LogP contribution in [0.3, 0.4) is 0 Å². The Bertz CT molecular complexity index is 727. The van der Waals surface area contributed by atoms with Gasteiger partial charge in [-0.2, -0.15) is 12.8 Å². The van der Waals surface area contributed by atoms with Gasteiger partial charge < -0.3 is 0 Å². The van der Waals surface area contributed by atoms with Crippen molar-refractivity contribution >= 4 is 15.7 Å². The lowest BCUT2D eigenvalue weighted by molar-refractivity contribution is 0.598. The van der Waals surface area contributed by atoms with Gasteiger partial charge in [0.2, 0.25) is 0 Å². The van der Waals surface area contributed by atoms with Gasteiger partial charge in [0, 0.05) is 0 Å². The molecule has 0 amide bonds. The van der Waals surface area contributed by atoms with Crippen LogP contribution in [0, 0.1) is 13.8 Å².